The molecule has 1 atom stereocenters. The van der Waals surface area contributed by atoms with Crippen LogP contribution in [0.15, 0.2) is 30.3 Å². The summed E-state index contributed by atoms with van der Waals surface area (Å²) in [7, 11) is 0. The molecular formula is C14H18N2O3. The minimum atomic E-state index is -0.690. The molecule has 0 bridgehead atoms. The van der Waals surface area contributed by atoms with Gasteiger partial charge in [-0.15, -0.1) is 0 Å². The van der Waals surface area contributed by atoms with Crippen molar-refractivity contribution in [2.24, 2.45) is 5.92 Å². The van der Waals surface area contributed by atoms with Gasteiger partial charge in [-0.05, 0) is 6.92 Å². The number of nitrogens with zero attached hydrogens (tertiary/aromatic N) is 1. The lowest BCUT2D eigenvalue weighted by atomic mass is 9.99. The topological polar surface area (TPSA) is 58.6 Å². The third-order valence-corrected chi connectivity index (χ3v) is 3.12. The number of benzene rings is 1. The van der Waals surface area contributed by atoms with Crippen molar-refractivity contribution in [3.8, 4) is 0 Å². The average Bonchev–Trinajstić information content (AvgIpc) is 2.47. The highest BCUT2D eigenvalue weighted by Crippen LogP contribution is 2.09. The average molecular weight is 262 g/mol. The monoisotopic (exact) mass is 262 g/mol. The number of ketones is 1. The van der Waals surface area contributed by atoms with Crippen molar-refractivity contribution >= 4 is 11.7 Å². The summed E-state index contributed by atoms with van der Waals surface area (Å²) in [6.45, 7) is 4.13. The molecule has 1 N–H and O–H groups in total. The molecule has 0 saturated carbocycles. The van der Waals surface area contributed by atoms with Crippen LogP contribution in [0.4, 0.5) is 0 Å². The number of hydrogen-bond donors (Lipinski definition) is 1. The molecule has 1 unspecified atom stereocenters. The molecule has 1 saturated heterocycles. The molecule has 1 aliphatic rings. The number of Topliss-reactive ketones (excluding diaryl/α,β-unsaturated/α-hetero) is 1. The van der Waals surface area contributed by atoms with Crippen LogP contribution in [0.25, 0.3) is 0 Å². The van der Waals surface area contributed by atoms with Crippen LogP contribution in [0.3, 0.4) is 0 Å². The molecule has 1 aliphatic heterocycles. The van der Waals surface area contributed by atoms with E-state index in [1.807, 2.05) is 6.07 Å². The molecule has 1 amide bonds. The molecule has 0 radical (unpaired) electrons. The number of hydrogen-bond acceptors (Lipinski definition) is 4. The number of ether oxygens (including phenoxy) is 1. The molecule has 1 heterocycles. The predicted octanol–water partition coefficient (Wildman–Crippen LogP) is 0.869. The number of morpholine rings is 1. The van der Waals surface area contributed by atoms with Gasteiger partial charge in [0.15, 0.2) is 5.78 Å². The Morgan fingerprint density at radius 1 is 1.21 bits per heavy atom. The van der Waals surface area contributed by atoms with Gasteiger partial charge in [0.25, 0.3) is 0 Å². The molecule has 1 fully saturated rings. The first-order valence-corrected chi connectivity index (χ1v) is 6.41. The third-order valence-electron chi connectivity index (χ3n) is 3.12. The molecule has 2 rings (SSSR count). The second-order valence-electron chi connectivity index (χ2n) is 4.53. The number of rotatable bonds is 4. The summed E-state index contributed by atoms with van der Waals surface area (Å²) in [5.74, 6) is -1.12. The number of nitrogens with one attached hydrogen (secondary N) is 1. The predicted molar refractivity (Wildman–Crippen MR) is 70.5 cm³/mol. The van der Waals surface area contributed by atoms with Crippen molar-refractivity contribution < 1.29 is 14.3 Å². The van der Waals surface area contributed by atoms with E-state index in [1.54, 1.807) is 36.2 Å². The molecule has 5 heteroatoms. The summed E-state index contributed by atoms with van der Waals surface area (Å²) in [6.07, 6.45) is 0. The van der Waals surface area contributed by atoms with Crippen molar-refractivity contribution in [2.75, 3.05) is 26.3 Å². The minimum absolute atomic E-state index is 0.161. The SMILES string of the molecule is CC(C(=O)NN1CCOCC1)C(=O)c1ccccc1. The van der Waals surface area contributed by atoms with E-state index in [1.165, 1.54) is 0 Å². The fourth-order valence-electron chi connectivity index (χ4n) is 1.90. The van der Waals surface area contributed by atoms with E-state index >= 15 is 0 Å². The summed E-state index contributed by atoms with van der Waals surface area (Å²) in [4.78, 5) is 24.1. The summed E-state index contributed by atoms with van der Waals surface area (Å²) in [5.41, 5.74) is 3.33. The molecule has 19 heavy (non-hydrogen) atoms. The maximum atomic E-state index is 12.1. The third kappa shape index (κ3) is 3.62. The van der Waals surface area contributed by atoms with Crippen LogP contribution in [0.5, 0.6) is 0 Å². The molecule has 0 spiro atoms. The highest BCUT2D eigenvalue weighted by molar-refractivity contribution is 6.09. The lowest BCUT2D eigenvalue weighted by Crippen LogP contribution is -2.50. The largest absolute Gasteiger partial charge is 0.379 e. The lowest BCUT2D eigenvalue weighted by molar-refractivity contribution is -0.130. The van der Waals surface area contributed by atoms with E-state index in [9.17, 15) is 9.59 Å². The molecule has 102 valence electrons. The first-order chi connectivity index (χ1) is 9.18. The van der Waals surface area contributed by atoms with Gasteiger partial charge in [-0.25, -0.2) is 5.01 Å². The van der Waals surface area contributed by atoms with Crippen molar-refractivity contribution in [1.29, 1.82) is 0 Å². The van der Waals surface area contributed by atoms with Crippen LogP contribution in [0.2, 0.25) is 0 Å². The number of carbonyl (C=O) groups excluding carboxylic acids is 2. The summed E-state index contributed by atoms with van der Waals surface area (Å²) < 4.78 is 5.20. The van der Waals surface area contributed by atoms with Gasteiger partial charge >= 0.3 is 0 Å². The molecular weight excluding hydrogens is 244 g/mol. The maximum Gasteiger partial charge on any atom is 0.244 e. The van der Waals surface area contributed by atoms with Crippen molar-refractivity contribution in [1.82, 2.24) is 10.4 Å². The van der Waals surface area contributed by atoms with E-state index in [-0.39, 0.29) is 11.7 Å². The van der Waals surface area contributed by atoms with Gasteiger partial charge < -0.3 is 4.74 Å². The van der Waals surface area contributed by atoms with Gasteiger partial charge in [-0.3, -0.25) is 15.0 Å². The first-order valence-electron chi connectivity index (χ1n) is 6.41. The normalized spacial score (nSPS) is 17.7. The van der Waals surface area contributed by atoms with Crippen molar-refractivity contribution in [2.45, 2.75) is 6.92 Å². The fourth-order valence-corrected chi connectivity index (χ4v) is 1.90. The van der Waals surface area contributed by atoms with E-state index in [2.05, 4.69) is 5.43 Å². The Hall–Kier alpha value is -1.72. The van der Waals surface area contributed by atoms with Crippen LogP contribution >= 0.6 is 0 Å². The summed E-state index contributed by atoms with van der Waals surface area (Å²) >= 11 is 0. The van der Waals surface area contributed by atoms with E-state index in [4.69, 9.17) is 4.74 Å². The zero-order valence-corrected chi connectivity index (χ0v) is 11.0. The standard InChI is InChI=1S/C14H18N2O3/c1-11(13(17)12-5-3-2-4-6-12)14(18)15-16-7-9-19-10-8-16/h2-6,11H,7-10H2,1H3,(H,15,18). The van der Waals surface area contributed by atoms with Gasteiger partial charge in [0, 0.05) is 18.7 Å². The minimum Gasteiger partial charge on any atom is -0.379 e. The van der Waals surface area contributed by atoms with Crippen LogP contribution in [0, 0.1) is 5.92 Å². The second kappa shape index (κ2) is 6.45. The first kappa shape index (κ1) is 13.7. The zero-order valence-electron chi connectivity index (χ0n) is 11.0. The van der Waals surface area contributed by atoms with Gasteiger partial charge in [0.05, 0.1) is 19.1 Å². The molecule has 1 aromatic carbocycles. The molecule has 1 aromatic rings. The van der Waals surface area contributed by atoms with Crippen molar-refractivity contribution in [3.63, 3.8) is 0 Å². The highest BCUT2D eigenvalue weighted by Gasteiger charge is 2.24. The number of amides is 1. The summed E-state index contributed by atoms with van der Waals surface area (Å²) in [5, 5.41) is 1.79. The van der Waals surface area contributed by atoms with Crippen LogP contribution in [0.1, 0.15) is 17.3 Å². The molecule has 0 aliphatic carbocycles. The van der Waals surface area contributed by atoms with Crippen LogP contribution in [-0.2, 0) is 9.53 Å². The smallest absolute Gasteiger partial charge is 0.244 e. The Labute approximate surface area is 112 Å². The summed E-state index contributed by atoms with van der Waals surface area (Å²) in [6, 6.07) is 8.87. The quantitative estimate of drug-likeness (QED) is 0.646. The highest BCUT2D eigenvalue weighted by atomic mass is 16.5. The van der Waals surface area contributed by atoms with Gasteiger partial charge in [-0.2, -0.15) is 0 Å². The van der Waals surface area contributed by atoms with Gasteiger partial charge in [-0.1, -0.05) is 30.3 Å². The fraction of sp³-hybridized carbons (Fsp3) is 0.429. The Balaban J connectivity index is 1.93. The Bertz CT molecular complexity index is 441. The van der Waals surface area contributed by atoms with Gasteiger partial charge in [0.2, 0.25) is 5.91 Å². The number of carbonyl (C=O) groups is 2. The Morgan fingerprint density at radius 2 is 1.84 bits per heavy atom. The maximum absolute atomic E-state index is 12.1. The Morgan fingerprint density at radius 3 is 2.47 bits per heavy atom. The molecule has 0 aromatic heterocycles. The van der Waals surface area contributed by atoms with Crippen LogP contribution < -0.4 is 5.43 Å². The number of hydrazine groups is 1. The zero-order chi connectivity index (χ0) is 13.7. The lowest BCUT2D eigenvalue weighted by Gasteiger charge is -2.27. The van der Waals surface area contributed by atoms with Gasteiger partial charge in [0.1, 0.15) is 0 Å². The van der Waals surface area contributed by atoms with E-state index in [0.29, 0.717) is 31.9 Å². The van der Waals surface area contributed by atoms with E-state index in [0.717, 1.165) is 0 Å². The van der Waals surface area contributed by atoms with E-state index < -0.39 is 5.92 Å². The molecule has 5 nitrogen and oxygen atoms in total. The van der Waals surface area contributed by atoms with Crippen molar-refractivity contribution in [3.05, 3.63) is 35.9 Å². The Kier molecular flexibility index (Phi) is 4.65. The van der Waals surface area contributed by atoms with Crippen LogP contribution in [-0.4, -0.2) is 43.0 Å². The second-order valence-corrected chi connectivity index (χ2v) is 4.53.